The van der Waals surface area contributed by atoms with Crippen LogP contribution in [-0.2, 0) is 23.6 Å². The zero-order valence-electron chi connectivity index (χ0n) is 18.2. The van der Waals surface area contributed by atoms with E-state index in [0.29, 0.717) is 25.2 Å². The van der Waals surface area contributed by atoms with E-state index >= 15 is 0 Å². The van der Waals surface area contributed by atoms with Gasteiger partial charge in [-0.05, 0) is 24.6 Å². The molecule has 0 aliphatic carbocycles. The monoisotopic (exact) mass is 451 g/mol. The van der Waals surface area contributed by atoms with E-state index in [4.69, 9.17) is 5.73 Å². The van der Waals surface area contributed by atoms with Crippen LogP contribution in [0.3, 0.4) is 0 Å². The minimum Gasteiger partial charge on any atom is -0.384 e. The Hall–Kier alpha value is -2.92. The lowest BCUT2D eigenvalue weighted by Crippen LogP contribution is -2.43. The lowest BCUT2D eigenvalue weighted by Gasteiger charge is -2.19. The van der Waals surface area contributed by atoms with Gasteiger partial charge in [0.1, 0.15) is 11.4 Å². The molecule has 170 valence electrons. The van der Waals surface area contributed by atoms with Crippen molar-refractivity contribution in [1.82, 2.24) is 13.4 Å². The molecule has 10 nitrogen and oxygen atoms in total. The van der Waals surface area contributed by atoms with Gasteiger partial charge in [-0.2, -0.15) is 4.31 Å². The number of carbonyl (C=O) groups excluding carboxylic acids is 1. The molecular weight excluding hydrogens is 422 g/mol. The molecule has 1 aromatic carbocycles. The molecule has 0 saturated carbocycles. The normalized spacial score (nSPS) is 11.6. The third-order valence-electron chi connectivity index (χ3n) is 4.94. The topological polar surface area (TPSA) is 136 Å². The summed E-state index contributed by atoms with van der Waals surface area (Å²) in [4.78, 5) is 37.6. The first-order chi connectivity index (χ1) is 14.6. The fraction of sp³-hybridized carbons (Fsp3) is 0.450. The highest BCUT2D eigenvalue weighted by atomic mass is 32.2. The standard InChI is InChI=1S/C20H29N5O5S/c1-5-11-25-18(21)17(19(27)23(4)20(25)28)16(26)13-22-14-9-8-10-15(12-14)31(29,30)24(6-2)7-3/h8-10,12,22H,5-7,11,13,21H2,1-4H3. The second-order valence-corrected chi connectivity index (χ2v) is 8.89. The molecule has 0 bridgehead atoms. The number of carbonyl (C=O) groups is 1. The van der Waals surface area contributed by atoms with Crippen molar-refractivity contribution in [3.63, 3.8) is 0 Å². The molecule has 2 rings (SSSR count). The lowest BCUT2D eigenvalue weighted by molar-refractivity contribution is 0.100. The summed E-state index contributed by atoms with van der Waals surface area (Å²) in [5.41, 5.74) is 4.76. The number of ketones is 1. The molecule has 0 atom stereocenters. The summed E-state index contributed by atoms with van der Waals surface area (Å²) in [6.45, 7) is 6.01. The van der Waals surface area contributed by atoms with E-state index in [1.165, 1.54) is 28.1 Å². The number of Topliss-reactive ketones (excluding diaryl/α,β-unsaturated/α-hetero) is 1. The molecule has 0 radical (unpaired) electrons. The van der Waals surface area contributed by atoms with Crippen LogP contribution in [0.2, 0.25) is 0 Å². The number of nitrogen functional groups attached to an aromatic ring is 1. The van der Waals surface area contributed by atoms with E-state index in [1.807, 2.05) is 6.92 Å². The van der Waals surface area contributed by atoms with Gasteiger partial charge >= 0.3 is 5.69 Å². The van der Waals surface area contributed by atoms with Crippen molar-refractivity contribution in [3.8, 4) is 0 Å². The summed E-state index contributed by atoms with van der Waals surface area (Å²) >= 11 is 0. The first kappa shape index (κ1) is 24.4. The molecule has 2 aromatic rings. The fourth-order valence-electron chi connectivity index (χ4n) is 3.23. The van der Waals surface area contributed by atoms with Gasteiger partial charge in [0.05, 0.1) is 11.4 Å². The molecule has 1 aromatic heterocycles. The van der Waals surface area contributed by atoms with Crippen LogP contribution in [-0.4, -0.2) is 47.3 Å². The maximum Gasteiger partial charge on any atom is 0.332 e. The number of nitrogens with two attached hydrogens (primary N) is 1. The van der Waals surface area contributed by atoms with Crippen LogP contribution in [0.15, 0.2) is 38.8 Å². The maximum atomic E-state index is 12.8. The SMILES string of the molecule is CCCn1c(N)c(C(=O)CNc2cccc(S(=O)(=O)N(CC)CC)c2)c(=O)n(C)c1=O. The van der Waals surface area contributed by atoms with Gasteiger partial charge < -0.3 is 11.1 Å². The zero-order chi connectivity index (χ0) is 23.3. The third kappa shape index (κ3) is 4.88. The van der Waals surface area contributed by atoms with Gasteiger partial charge in [0.25, 0.3) is 5.56 Å². The fourth-order valence-corrected chi connectivity index (χ4v) is 4.74. The Morgan fingerprint density at radius 1 is 1.16 bits per heavy atom. The number of sulfonamides is 1. The van der Waals surface area contributed by atoms with Gasteiger partial charge in [0.2, 0.25) is 10.0 Å². The average molecular weight is 452 g/mol. The number of nitrogens with zero attached hydrogens (tertiary/aromatic N) is 3. The molecule has 0 spiro atoms. The quantitative estimate of drug-likeness (QED) is 0.511. The summed E-state index contributed by atoms with van der Waals surface area (Å²) in [6, 6.07) is 6.10. The van der Waals surface area contributed by atoms with Gasteiger partial charge in [0.15, 0.2) is 5.78 Å². The van der Waals surface area contributed by atoms with Gasteiger partial charge in [-0.25, -0.2) is 13.2 Å². The Morgan fingerprint density at radius 2 is 1.81 bits per heavy atom. The Morgan fingerprint density at radius 3 is 2.39 bits per heavy atom. The first-order valence-electron chi connectivity index (χ1n) is 10.1. The van der Waals surface area contributed by atoms with Crippen LogP contribution >= 0.6 is 0 Å². The maximum absolute atomic E-state index is 12.8. The minimum atomic E-state index is -3.65. The third-order valence-corrected chi connectivity index (χ3v) is 6.99. The summed E-state index contributed by atoms with van der Waals surface area (Å²) in [5, 5.41) is 2.85. The summed E-state index contributed by atoms with van der Waals surface area (Å²) in [6.07, 6.45) is 0.599. The van der Waals surface area contributed by atoms with E-state index in [0.717, 1.165) is 4.57 Å². The molecule has 1 heterocycles. The zero-order valence-corrected chi connectivity index (χ0v) is 19.0. The Bertz CT molecular complexity index is 1180. The minimum absolute atomic E-state index is 0.0978. The Kier molecular flexibility index (Phi) is 7.80. The van der Waals surface area contributed by atoms with Crippen molar-refractivity contribution in [1.29, 1.82) is 0 Å². The van der Waals surface area contributed by atoms with Crippen LogP contribution in [0.1, 0.15) is 37.6 Å². The van der Waals surface area contributed by atoms with Crippen LogP contribution < -0.4 is 22.3 Å². The molecule has 0 amide bonds. The van der Waals surface area contributed by atoms with Crippen LogP contribution in [0.4, 0.5) is 11.5 Å². The van der Waals surface area contributed by atoms with E-state index in [9.17, 15) is 22.8 Å². The van der Waals surface area contributed by atoms with Crippen molar-refractivity contribution < 1.29 is 13.2 Å². The largest absolute Gasteiger partial charge is 0.384 e. The summed E-state index contributed by atoms with van der Waals surface area (Å²) in [5.74, 6) is -0.764. The predicted octanol–water partition coefficient (Wildman–Crippen LogP) is 0.865. The van der Waals surface area contributed by atoms with E-state index in [1.54, 1.807) is 26.0 Å². The molecular formula is C20H29N5O5S. The van der Waals surface area contributed by atoms with E-state index in [2.05, 4.69) is 5.32 Å². The molecule has 3 N–H and O–H groups in total. The number of rotatable bonds is 10. The first-order valence-corrected chi connectivity index (χ1v) is 11.5. The summed E-state index contributed by atoms with van der Waals surface area (Å²) < 4.78 is 28.8. The Labute approximate surface area is 181 Å². The van der Waals surface area contributed by atoms with Gasteiger partial charge in [-0.3, -0.25) is 18.7 Å². The number of nitrogens with one attached hydrogen (secondary N) is 1. The lowest BCUT2D eigenvalue weighted by atomic mass is 10.2. The number of benzene rings is 1. The molecule has 0 saturated heterocycles. The molecule has 0 aliphatic heterocycles. The number of anilines is 2. The van der Waals surface area contributed by atoms with Crippen LogP contribution in [0.25, 0.3) is 0 Å². The molecule has 31 heavy (non-hydrogen) atoms. The van der Waals surface area contributed by atoms with Crippen molar-refractivity contribution in [2.75, 3.05) is 30.7 Å². The van der Waals surface area contributed by atoms with Crippen molar-refractivity contribution in [2.24, 2.45) is 7.05 Å². The van der Waals surface area contributed by atoms with Crippen molar-refractivity contribution in [2.45, 2.75) is 38.6 Å². The summed E-state index contributed by atoms with van der Waals surface area (Å²) in [7, 11) is -2.36. The highest BCUT2D eigenvalue weighted by molar-refractivity contribution is 7.89. The number of aromatic nitrogens is 2. The number of hydrogen-bond donors (Lipinski definition) is 2. The van der Waals surface area contributed by atoms with Gasteiger partial charge in [-0.15, -0.1) is 0 Å². The average Bonchev–Trinajstić information content (AvgIpc) is 2.75. The molecule has 0 aliphatic rings. The molecule has 0 fully saturated rings. The second-order valence-electron chi connectivity index (χ2n) is 6.95. The van der Waals surface area contributed by atoms with Crippen molar-refractivity contribution >= 4 is 27.3 Å². The molecule has 0 unspecified atom stereocenters. The van der Waals surface area contributed by atoms with E-state index in [-0.39, 0.29) is 29.4 Å². The smallest absolute Gasteiger partial charge is 0.332 e. The van der Waals surface area contributed by atoms with Crippen molar-refractivity contribution in [3.05, 3.63) is 50.7 Å². The van der Waals surface area contributed by atoms with Gasteiger partial charge in [-0.1, -0.05) is 26.8 Å². The molecule has 11 heteroatoms. The highest BCUT2D eigenvalue weighted by Crippen LogP contribution is 2.19. The number of hydrogen-bond acceptors (Lipinski definition) is 7. The van der Waals surface area contributed by atoms with E-state index < -0.39 is 27.1 Å². The predicted molar refractivity (Wildman–Crippen MR) is 120 cm³/mol. The van der Waals surface area contributed by atoms with Crippen LogP contribution in [0.5, 0.6) is 0 Å². The highest BCUT2D eigenvalue weighted by Gasteiger charge is 2.23. The Balaban J connectivity index is 2.33. The van der Waals surface area contributed by atoms with Gasteiger partial charge in [0, 0.05) is 32.4 Å². The van der Waals surface area contributed by atoms with Crippen LogP contribution in [0, 0.1) is 0 Å². The second kappa shape index (κ2) is 9.92.